The van der Waals surface area contributed by atoms with Crippen molar-refractivity contribution in [3.8, 4) is 0 Å². The van der Waals surface area contributed by atoms with E-state index in [2.05, 4.69) is 15.6 Å². The number of carbonyl (C=O) groups excluding carboxylic acids is 1. The van der Waals surface area contributed by atoms with Gasteiger partial charge in [0.2, 0.25) is 0 Å². The highest BCUT2D eigenvalue weighted by molar-refractivity contribution is 7.99. The fraction of sp³-hybridized carbons (Fsp3) is 0.250. The molecule has 1 fully saturated rings. The number of carbonyl (C=O) groups is 1. The van der Waals surface area contributed by atoms with Gasteiger partial charge in [0.25, 0.3) is 5.91 Å². The summed E-state index contributed by atoms with van der Waals surface area (Å²) in [6.07, 6.45) is 1.78. The third-order valence-corrected chi connectivity index (χ3v) is 4.35. The zero-order chi connectivity index (χ0) is 14.5. The molecule has 1 amide bonds. The fourth-order valence-electron chi connectivity index (χ4n) is 2.03. The molecule has 0 spiro atoms. The molecule has 1 aliphatic heterocycles. The highest BCUT2D eigenvalue weighted by atomic mass is 32.2. The number of hydrogen-bond acceptors (Lipinski definition) is 4. The molecule has 0 atom stereocenters. The normalized spacial score (nSPS) is 14.5. The maximum atomic E-state index is 12.0. The molecule has 0 aliphatic carbocycles. The van der Waals surface area contributed by atoms with Crippen LogP contribution in [-0.4, -0.2) is 30.5 Å². The van der Waals surface area contributed by atoms with Crippen LogP contribution in [0.4, 0.5) is 0 Å². The average molecular weight is 299 g/mol. The molecule has 1 aromatic carbocycles. The quantitative estimate of drug-likeness (QED) is 0.888. The van der Waals surface area contributed by atoms with Crippen LogP contribution >= 0.6 is 11.8 Å². The summed E-state index contributed by atoms with van der Waals surface area (Å²) in [5.41, 5.74) is 0.702. The van der Waals surface area contributed by atoms with Gasteiger partial charge in [-0.1, -0.05) is 17.8 Å². The van der Waals surface area contributed by atoms with Crippen LogP contribution in [0.3, 0.4) is 0 Å². The highest BCUT2D eigenvalue weighted by Crippen LogP contribution is 2.25. The summed E-state index contributed by atoms with van der Waals surface area (Å²) in [4.78, 5) is 17.4. The van der Waals surface area contributed by atoms with Crippen molar-refractivity contribution in [3.05, 3.63) is 54.2 Å². The lowest BCUT2D eigenvalue weighted by atomic mass is 10.0. The Balaban J connectivity index is 1.56. The van der Waals surface area contributed by atoms with Crippen molar-refractivity contribution in [2.45, 2.75) is 9.92 Å². The summed E-state index contributed by atoms with van der Waals surface area (Å²) in [7, 11) is 0. The number of aromatic nitrogens is 1. The van der Waals surface area contributed by atoms with Gasteiger partial charge >= 0.3 is 0 Å². The molecule has 2 aromatic rings. The Morgan fingerprint density at radius 3 is 2.67 bits per heavy atom. The highest BCUT2D eigenvalue weighted by Gasteiger charge is 2.17. The van der Waals surface area contributed by atoms with E-state index in [-0.39, 0.29) is 5.91 Å². The molecule has 1 aromatic heterocycles. The molecule has 4 nitrogen and oxygen atoms in total. The van der Waals surface area contributed by atoms with Crippen molar-refractivity contribution in [1.82, 2.24) is 15.6 Å². The number of benzene rings is 1. The first-order chi connectivity index (χ1) is 10.3. The average Bonchev–Trinajstić information content (AvgIpc) is 2.47. The molecule has 3 rings (SSSR count). The Hall–Kier alpha value is -1.85. The van der Waals surface area contributed by atoms with E-state index in [0.717, 1.165) is 29.6 Å². The van der Waals surface area contributed by atoms with Gasteiger partial charge in [0.1, 0.15) is 5.03 Å². The molecule has 1 aliphatic rings. The summed E-state index contributed by atoms with van der Waals surface area (Å²) in [5, 5.41) is 7.12. The van der Waals surface area contributed by atoms with E-state index in [1.807, 2.05) is 42.5 Å². The molecule has 0 bridgehead atoms. The number of nitrogens with one attached hydrogen (secondary N) is 2. The van der Waals surface area contributed by atoms with E-state index < -0.39 is 0 Å². The molecule has 0 saturated carbocycles. The maximum absolute atomic E-state index is 12.0. The van der Waals surface area contributed by atoms with E-state index in [1.54, 1.807) is 18.0 Å². The monoisotopic (exact) mass is 299 g/mol. The number of amides is 1. The van der Waals surface area contributed by atoms with E-state index in [4.69, 9.17) is 0 Å². The molecule has 2 heterocycles. The number of rotatable bonds is 5. The van der Waals surface area contributed by atoms with Gasteiger partial charge in [0, 0.05) is 42.2 Å². The lowest BCUT2D eigenvalue weighted by Crippen LogP contribution is -2.48. The van der Waals surface area contributed by atoms with Crippen molar-refractivity contribution < 1.29 is 4.79 Å². The van der Waals surface area contributed by atoms with E-state index in [9.17, 15) is 4.79 Å². The molecule has 1 saturated heterocycles. The first-order valence-electron chi connectivity index (χ1n) is 6.99. The van der Waals surface area contributed by atoms with Gasteiger partial charge in [-0.15, -0.1) is 0 Å². The summed E-state index contributed by atoms with van der Waals surface area (Å²) >= 11 is 1.59. The zero-order valence-corrected chi connectivity index (χ0v) is 12.4. The lowest BCUT2D eigenvalue weighted by molar-refractivity contribution is 0.0942. The Morgan fingerprint density at radius 1 is 1.24 bits per heavy atom. The minimum atomic E-state index is -0.00344. The van der Waals surface area contributed by atoms with Gasteiger partial charge in [-0.05, 0) is 36.4 Å². The van der Waals surface area contributed by atoms with Crippen molar-refractivity contribution in [3.63, 3.8) is 0 Å². The lowest BCUT2D eigenvalue weighted by Gasteiger charge is -2.27. The molecular weight excluding hydrogens is 282 g/mol. The second-order valence-electron chi connectivity index (χ2n) is 5.03. The van der Waals surface area contributed by atoms with Crippen LogP contribution in [0.2, 0.25) is 0 Å². The third kappa shape index (κ3) is 3.83. The summed E-state index contributed by atoms with van der Waals surface area (Å²) in [6, 6.07) is 13.5. The second-order valence-corrected chi connectivity index (χ2v) is 6.12. The minimum absolute atomic E-state index is 0.00344. The molecule has 21 heavy (non-hydrogen) atoms. The van der Waals surface area contributed by atoms with Crippen LogP contribution < -0.4 is 10.6 Å². The van der Waals surface area contributed by atoms with Crippen LogP contribution in [-0.2, 0) is 0 Å². The van der Waals surface area contributed by atoms with Gasteiger partial charge in [0.05, 0.1) is 0 Å². The van der Waals surface area contributed by atoms with Gasteiger partial charge in [0.15, 0.2) is 0 Å². The van der Waals surface area contributed by atoms with Crippen molar-refractivity contribution in [2.75, 3.05) is 19.6 Å². The van der Waals surface area contributed by atoms with Crippen LogP contribution in [0.5, 0.6) is 0 Å². The molecule has 2 N–H and O–H groups in total. The van der Waals surface area contributed by atoms with Crippen LogP contribution in [0.1, 0.15) is 10.4 Å². The minimum Gasteiger partial charge on any atom is -0.352 e. The van der Waals surface area contributed by atoms with Crippen LogP contribution in [0.15, 0.2) is 58.6 Å². The Labute approximate surface area is 128 Å². The Kier molecular flexibility index (Phi) is 4.52. The van der Waals surface area contributed by atoms with Gasteiger partial charge < -0.3 is 10.6 Å². The van der Waals surface area contributed by atoms with E-state index >= 15 is 0 Å². The fourth-order valence-corrected chi connectivity index (χ4v) is 2.81. The van der Waals surface area contributed by atoms with Crippen molar-refractivity contribution in [2.24, 2.45) is 5.92 Å². The van der Waals surface area contributed by atoms with E-state index in [1.165, 1.54) is 0 Å². The molecule has 108 valence electrons. The van der Waals surface area contributed by atoms with Crippen LogP contribution in [0, 0.1) is 5.92 Å². The Morgan fingerprint density at radius 2 is 2.05 bits per heavy atom. The third-order valence-electron chi connectivity index (χ3n) is 3.39. The molecule has 0 unspecified atom stereocenters. The van der Waals surface area contributed by atoms with E-state index in [0.29, 0.717) is 11.5 Å². The summed E-state index contributed by atoms with van der Waals surface area (Å²) in [6.45, 7) is 2.75. The largest absolute Gasteiger partial charge is 0.352 e. The molecule has 0 radical (unpaired) electrons. The number of hydrogen-bond donors (Lipinski definition) is 2. The predicted octanol–water partition coefficient (Wildman–Crippen LogP) is 2.18. The van der Waals surface area contributed by atoms with Crippen LogP contribution in [0.25, 0.3) is 0 Å². The maximum Gasteiger partial charge on any atom is 0.251 e. The van der Waals surface area contributed by atoms with Gasteiger partial charge in [-0.3, -0.25) is 4.79 Å². The SMILES string of the molecule is O=C(NCC1CNC1)c1ccc(Sc2ccccn2)cc1. The zero-order valence-electron chi connectivity index (χ0n) is 11.6. The van der Waals surface area contributed by atoms with Crippen molar-refractivity contribution in [1.29, 1.82) is 0 Å². The molecular formula is C16H17N3OS. The number of nitrogens with zero attached hydrogens (tertiary/aromatic N) is 1. The van der Waals surface area contributed by atoms with Gasteiger partial charge in [-0.25, -0.2) is 4.98 Å². The Bertz CT molecular complexity index is 597. The smallest absolute Gasteiger partial charge is 0.251 e. The first kappa shape index (κ1) is 14.1. The second kappa shape index (κ2) is 6.74. The topological polar surface area (TPSA) is 54.0 Å². The molecule has 5 heteroatoms. The summed E-state index contributed by atoms with van der Waals surface area (Å²) < 4.78 is 0. The van der Waals surface area contributed by atoms with Gasteiger partial charge in [-0.2, -0.15) is 0 Å². The summed E-state index contributed by atoms with van der Waals surface area (Å²) in [5.74, 6) is 0.573. The standard InChI is InChI=1S/C16H17N3OS/c20-16(19-11-12-9-17-10-12)13-4-6-14(7-5-13)21-15-3-1-2-8-18-15/h1-8,12,17H,9-11H2,(H,19,20). The first-order valence-corrected chi connectivity index (χ1v) is 7.81. The predicted molar refractivity (Wildman–Crippen MR) is 83.5 cm³/mol. The van der Waals surface area contributed by atoms with Crippen molar-refractivity contribution >= 4 is 17.7 Å². The number of pyridine rings is 1.